The maximum Gasteiger partial charge on any atom is 0.249 e. The number of rotatable bonds is 7. The van der Waals surface area contributed by atoms with Gasteiger partial charge in [0.15, 0.2) is 0 Å². The highest BCUT2D eigenvalue weighted by Crippen LogP contribution is 2.45. The second-order valence-corrected chi connectivity index (χ2v) is 7.19. The first-order valence-corrected chi connectivity index (χ1v) is 8.42. The molecule has 1 atom stereocenters. The predicted molar refractivity (Wildman–Crippen MR) is 88.1 cm³/mol. The summed E-state index contributed by atoms with van der Waals surface area (Å²) in [4.78, 5) is 12.3. The van der Waals surface area contributed by atoms with Gasteiger partial charge in [0.1, 0.15) is 6.10 Å². The second kappa shape index (κ2) is 6.93. The molecule has 0 heterocycles. The summed E-state index contributed by atoms with van der Waals surface area (Å²) in [6.45, 7) is 6.77. The summed E-state index contributed by atoms with van der Waals surface area (Å²) in [7, 11) is 0. The van der Waals surface area contributed by atoms with Crippen molar-refractivity contribution in [3.8, 4) is 0 Å². The molecule has 1 aromatic rings. The molecule has 0 radical (unpaired) electrons. The Kier molecular flexibility index (Phi) is 5.44. The van der Waals surface area contributed by atoms with Crippen LogP contribution in [-0.4, -0.2) is 18.6 Å². The zero-order valence-electron chi connectivity index (χ0n) is 13.0. The first-order chi connectivity index (χ1) is 9.93. The molecule has 4 heteroatoms. The van der Waals surface area contributed by atoms with Gasteiger partial charge in [0, 0.05) is 11.1 Å². The zero-order valence-corrected chi connectivity index (χ0v) is 14.6. The Bertz CT molecular complexity index is 480. The highest BCUT2D eigenvalue weighted by atomic mass is 79.9. The molecule has 0 aliphatic heterocycles. The summed E-state index contributed by atoms with van der Waals surface area (Å²) in [5.41, 5.74) is 1.00. The lowest BCUT2D eigenvalue weighted by atomic mass is 10.0. The number of halogens is 1. The number of hydrogen-bond acceptors (Lipinski definition) is 2. The summed E-state index contributed by atoms with van der Waals surface area (Å²) in [6.07, 6.45) is 2.59. The predicted octanol–water partition coefficient (Wildman–Crippen LogP) is 4.01. The molecule has 1 saturated carbocycles. The SMILES string of the molecule is CC(C)CCOC(C)C(=O)NC1(c2ccc(Br)cc2)CC1. The number of benzene rings is 1. The van der Waals surface area contributed by atoms with Crippen LogP contribution in [0.25, 0.3) is 0 Å². The lowest BCUT2D eigenvalue weighted by Gasteiger charge is -2.21. The molecule has 0 saturated heterocycles. The van der Waals surface area contributed by atoms with Crippen molar-refractivity contribution in [2.24, 2.45) is 5.92 Å². The Hall–Kier alpha value is -0.870. The highest BCUT2D eigenvalue weighted by Gasteiger charge is 2.46. The highest BCUT2D eigenvalue weighted by molar-refractivity contribution is 9.10. The van der Waals surface area contributed by atoms with Gasteiger partial charge in [-0.3, -0.25) is 4.79 Å². The van der Waals surface area contributed by atoms with Gasteiger partial charge in [0.2, 0.25) is 5.91 Å². The molecule has 21 heavy (non-hydrogen) atoms. The van der Waals surface area contributed by atoms with Gasteiger partial charge in [-0.25, -0.2) is 0 Å². The maximum absolute atomic E-state index is 12.3. The molecule has 1 N–H and O–H groups in total. The Morgan fingerprint density at radius 1 is 1.29 bits per heavy atom. The van der Waals surface area contributed by atoms with Gasteiger partial charge in [0.25, 0.3) is 0 Å². The molecule has 1 amide bonds. The van der Waals surface area contributed by atoms with Crippen LogP contribution in [0.5, 0.6) is 0 Å². The van der Waals surface area contributed by atoms with Gasteiger partial charge < -0.3 is 10.1 Å². The normalized spacial score (nSPS) is 17.6. The van der Waals surface area contributed by atoms with Gasteiger partial charge in [-0.15, -0.1) is 0 Å². The quantitative estimate of drug-likeness (QED) is 0.804. The average Bonchev–Trinajstić information content (AvgIpc) is 3.19. The van der Waals surface area contributed by atoms with Gasteiger partial charge in [-0.05, 0) is 49.8 Å². The molecule has 1 aliphatic rings. The fourth-order valence-electron chi connectivity index (χ4n) is 2.27. The summed E-state index contributed by atoms with van der Waals surface area (Å²) < 4.78 is 6.68. The molecule has 2 rings (SSSR count). The van der Waals surface area contributed by atoms with E-state index < -0.39 is 6.10 Å². The molecule has 0 bridgehead atoms. The van der Waals surface area contributed by atoms with E-state index in [1.165, 1.54) is 5.56 Å². The number of carbonyl (C=O) groups excluding carboxylic acids is 1. The molecule has 116 valence electrons. The number of hydrogen-bond donors (Lipinski definition) is 1. The van der Waals surface area contributed by atoms with Crippen LogP contribution in [0.1, 0.15) is 45.6 Å². The van der Waals surface area contributed by atoms with Crippen molar-refractivity contribution < 1.29 is 9.53 Å². The van der Waals surface area contributed by atoms with Crippen molar-refractivity contribution in [3.05, 3.63) is 34.3 Å². The summed E-state index contributed by atoms with van der Waals surface area (Å²) >= 11 is 3.44. The first kappa shape index (κ1) is 16.5. The average molecular weight is 354 g/mol. The van der Waals surface area contributed by atoms with Crippen LogP contribution in [0.2, 0.25) is 0 Å². The molecule has 1 fully saturated rings. The fourth-order valence-corrected chi connectivity index (χ4v) is 2.54. The molecule has 3 nitrogen and oxygen atoms in total. The van der Waals surface area contributed by atoms with Crippen LogP contribution in [0.4, 0.5) is 0 Å². The maximum atomic E-state index is 12.3. The van der Waals surface area contributed by atoms with Crippen LogP contribution < -0.4 is 5.32 Å². The Balaban J connectivity index is 1.88. The minimum absolute atomic E-state index is 0.0147. The summed E-state index contributed by atoms with van der Waals surface area (Å²) in [5.74, 6) is 0.581. The van der Waals surface area contributed by atoms with Crippen LogP contribution >= 0.6 is 15.9 Å². The van der Waals surface area contributed by atoms with Gasteiger partial charge in [0.05, 0.1) is 5.54 Å². The van der Waals surface area contributed by atoms with E-state index in [9.17, 15) is 4.79 Å². The lowest BCUT2D eigenvalue weighted by molar-refractivity contribution is -0.133. The van der Waals surface area contributed by atoms with E-state index >= 15 is 0 Å². The zero-order chi connectivity index (χ0) is 15.5. The Morgan fingerprint density at radius 3 is 2.43 bits per heavy atom. The van der Waals surface area contributed by atoms with Gasteiger partial charge in [-0.2, -0.15) is 0 Å². The third-order valence-corrected chi connectivity index (χ3v) is 4.47. The third-order valence-electron chi connectivity index (χ3n) is 3.94. The van der Waals surface area contributed by atoms with Crippen molar-refractivity contribution in [2.45, 2.75) is 51.7 Å². The van der Waals surface area contributed by atoms with E-state index in [1.54, 1.807) is 0 Å². The van der Waals surface area contributed by atoms with E-state index in [-0.39, 0.29) is 11.4 Å². The van der Waals surface area contributed by atoms with Crippen molar-refractivity contribution >= 4 is 21.8 Å². The molecule has 0 spiro atoms. The Morgan fingerprint density at radius 2 is 1.90 bits per heavy atom. The first-order valence-electron chi connectivity index (χ1n) is 7.62. The standard InChI is InChI=1S/C17H24BrNO2/c1-12(2)8-11-21-13(3)16(20)19-17(9-10-17)14-4-6-15(18)7-5-14/h4-7,12-13H,8-11H2,1-3H3,(H,19,20). The number of carbonyl (C=O) groups is 1. The van der Waals surface area contributed by atoms with E-state index in [0.717, 1.165) is 23.7 Å². The van der Waals surface area contributed by atoms with Crippen molar-refractivity contribution in [1.29, 1.82) is 0 Å². The molecule has 1 aromatic carbocycles. The lowest BCUT2D eigenvalue weighted by Crippen LogP contribution is -2.41. The van der Waals surface area contributed by atoms with E-state index in [4.69, 9.17) is 4.74 Å². The smallest absolute Gasteiger partial charge is 0.249 e. The molecular weight excluding hydrogens is 330 g/mol. The molecule has 1 aliphatic carbocycles. The van der Waals surface area contributed by atoms with Crippen LogP contribution in [0.15, 0.2) is 28.7 Å². The largest absolute Gasteiger partial charge is 0.369 e. The van der Waals surface area contributed by atoms with Gasteiger partial charge >= 0.3 is 0 Å². The second-order valence-electron chi connectivity index (χ2n) is 6.27. The fraction of sp³-hybridized carbons (Fsp3) is 0.588. The third kappa shape index (κ3) is 4.55. The Labute approximate surface area is 135 Å². The van der Waals surface area contributed by atoms with Crippen LogP contribution in [0, 0.1) is 5.92 Å². The number of nitrogens with one attached hydrogen (secondary N) is 1. The molecule has 1 unspecified atom stereocenters. The van der Waals surface area contributed by atoms with Crippen LogP contribution in [-0.2, 0) is 15.1 Å². The topological polar surface area (TPSA) is 38.3 Å². The molecular formula is C17H24BrNO2. The van der Waals surface area contributed by atoms with Crippen molar-refractivity contribution in [1.82, 2.24) is 5.32 Å². The van der Waals surface area contributed by atoms with Crippen LogP contribution in [0.3, 0.4) is 0 Å². The monoisotopic (exact) mass is 353 g/mol. The number of amides is 1. The number of ether oxygens (including phenoxy) is 1. The van der Waals surface area contributed by atoms with E-state index in [1.807, 2.05) is 19.1 Å². The summed E-state index contributed by atoms with van der Waals surface area (Å²) in [6, 6.07) is 8.18. The van der Waals surface area contributed by atoms with E-state index in [0.29, 0.717) is 12.5 Å². The van der Waals surface area contributed by atoms with E-state index in [2.05, 4.69) is 47.2 Å². The van der Waals surface area contributed by atoms with Gasteiger partial charge in [-0.1, -0.05) is 41.9 Å². The summed E-state index contributed by atoms with van der Waals surface area (Å²) in [5, 5.41) is 3.16. The minimum Gasteiger partial charge on any atom is -0.369 e. The minimum atomic E-state index is -0.392. The van der Waals surface area contributed by atoms with Crippen molar-refractivity contribution in [2.75, 3.05) is 6.61 Å². The molecule has 0 aromatic heterocycles. The van der Waals surface area contributed by atoms with Crippen molar-refractivity contribution in [3.63, 3.8) is 0 Å².